The molecule has 86 valence electrons. The van der Waals surface area contributed by atoms with E-state index in [4.69, 9.17) is 0 Å². The molecule has 0 amide bonds. The molecular weight excluding hydrogens is 291 g/mol. The zero-order chi connectivity index (χ0) is 9.31. The molecule has 0 radical (unpaired) electrons. The Morgan fingerprint density at radius 1 is 1.20 bits per heavy atom. The van der Waals surface area contributed by atoms with Crippen molar-refractivity contribution in [3.05, 3.63) is 22.4 Å². The van der Waals surface area contributed by atoms with Gasteiger partial charge in [0.25, 0.3) is 0 Å². The molecule has 0 aliphatic carbocycles. The van der Waals surface area contributed by atoms with Crippen LogP contribution in [0.2, 0.25) is 9.45 Å². The van der Waals surface area contributed by atoms with E-state index < -0.39 is 17.4 Å². The fraction of sp³-hybridized carbons (Fsp3) is 0.556. The Labute approximate surface area is 111 Å². The summed E-state index contributed by atoms with van der Waals surface area (Å²) in [4.78, 5) is 0. The topological polar surface area (TPSA) is 40.5 Å². The molecule has 0 saturated carbocycles. The molecule has 6 heteroatoms. The van der Waals surface area contributed by atoms with Crippen molar-refractivity contribution in [1.29, 1.82) is 0 Å². The minimum atomic E-state index is -3.21. The monoisotopic (exact) mass is 304 g/mol. The van der Waals surface area contributed by atoms with Gasteiger partial charge in [0.1, 0.15) is 0 Å². The third-order valence-electron chi connectivity index (χ3n) is 2.80. The Kier molecular flexibility index (Phi) is 7.00. The number of hydrogen-bond donors (Lipinski definition) is 2. The quantitative estimate of drug-likeness (QED) is 0.527. The van der Waals surface area contributed by atoms with Crippen molar-refractivity contribution in [1.82, 2.24) is 0 Å². The second-order valence-electron chi connectivity index (χ2n) is 3.81. The minimum absolute atomic E-state index is 0. The van der Waals surface area contributed by atoms with Gasteiger partial charge in [-0.1, -0.05) is 0 Å². The van der Waals surface area contributed by atoms with Crippen molar-refractivity contribution in [2.45, 2.75) is 28.2 Å². The van der Waals surface area contributed by atoms with Gasteiger partial charge in [-0.2, -0.15) is 0 Å². The van der Waals surface area contributed by atoms with Crippen LogP contribution in [0, 0.1) is 0 Å². The maximum atomic E-state index is 9.54. The van der Waals surface area contributed by atoms with Crippen molar-refractivity contribution in [3.8, 4) is 0 Å². The van der Waals surface area contributed by atoms with E-state index in [9.17, 15) is 7.38 Å². The van der Waals surface area contributed by atoms with Crippen LogP contribution in [0.3, 0.4) is 0 Å². The van der Waals surface area contributed by atoms with Gasteiger partial charge in [-0.3, -0.25) is 0 Å². The first-order valence-electron chi connectivity index (χ1n) is 4.64. The normalized spacial score (nSPS) is 18.0. The Hall–Kier alpha value is 0.914. The van der Waals surface area contributed by atoms with Crippen molar-refractivity contribution in [3.63, 3.8) is 0 Å². The third kappa shape index (κ3) is 4.35. The molecule has 1 aromatic heterocycles. The summed E-state index contributed by atoms with van der Waals surface area (Å²) in [5, 5.41) is 4.27. The summed E-state index contributed by atoms with van der Waals surface area (Å²) >= 11 is -1.49. The van der Waals surface area contributed by atoms with Crippen LogP contribution in [0.1, 0.15) is 24.3 Å². The fourth-order valence-electron chi connectivity index (χ4n) is 1.92. The number of hydrogen-bond acceptors (Lipinski definition) is 3. The Morgan fingerprint density at radius 2 is 1.80 bits per heavy atom. The molecule has 0 unspecified atom stereocenters. The second-order valence-corrected chi connectivity index (χ2v) is 9.22. The van der Waals surface area contributed by atoms with Crippen molar-refractivity contribution >= 4 is 11.3 Å². The molecule has 1 saturated heterocycles. The van der Waals surface area contributed by atoms with E-state index in [1.165, 1.54) is 5.56 Å². The first-order chi connectivity index (χ1) is 6.17. The van der Waals surface area contributed by atoms with Crippen LogP contribution in [0.25, 0.3) is 0 Å². The summed E-state index contributed by atoms with van der Waals surface area (Å²) in [6.45, 7) is 0. The first-order valence-corrected chi connectivity index (χ1v) is 9.19. The standard InChI is InChI=1S/C9H12S.2ClH.2H2O.Ti/c1-3-8(4-2)9-5-6-10-7-9;;;;;/h5-8H,1-4H2;2*1H;2*1H2;/q;;;;;+4/p-4. The van der Waals surface area contributed by atoms with Gasteiger partial charge in [-0.05, 0) is 0 Å². The third-order valence-corrected chi connectivity index (χ3v) is 6.90. The Bertz CT molecular complexity index is 270. The van der Waals surface area contributed by atoms with Gasteiger partial charge in [0, 0.05) is 0 Å². The van der Waals surface area contributed by atoms with E-state index in [2.05, 4.69) is 16.8 Å². The molecule has 0 bridgehead atoms. The molecule has 2 N–H and O–H groups in total. The van der Waals surface area contributed by atoms with Gasteiger partial charge in [0.2, 0.25) is 0 Å². The van der Waals surface area contributed by atoms with E-state index in [0.717, 1.165) is 12.8 Å². The summed E-state index contributed by atoms with van der Waals surface area (Å²) in [7, 11) is 0. The molecule has 0 aromatic carbocycles. The van der Waals surface area contributed by atoms with Crippen molar-refractivity contribution in [2.24, 2.45) is 0 Å². The maximum absolute atomic E-state index is 9.54. The van der Waals surface area contributed by atoms with E-state index in [1.807, 2.05) is 0 Å². The number of thiophene rings is 1. The van der Waals surface area contributed by atoms with Crippen molar-refractivity contribution in [2.75, 3.05) is 0 Å². The van der Waals surface area contributed by atoms with Crippen LogP contribution < -0.4 is 24.8 Å². The average molecular weight is 305 g/mol. The zero-order valence-electron chi connectivity index (χ0n) is 8.20. The second kappa shape index (κ2) is 6.60. The Balaban J connectivity index is 0.000000980. The molecule has 2 nitrogen and oxygen atoms in total. The van der Waals surface area contributed by atoms with Crippen LogP contribution in [0.4, 0.5) is 0 Å². The number of rotatable bonds is 1. The van der Waals surface area contributed by atoms with E-state index >= 15 is 0 Å². The molecule has 2 rings (SSSR count). The molecular formula is C9H14Cl2O2STi. The summed E-state index contributed by atoms with van der Waals surface area (Å²) < 4.78 is 20.5. The predicted molar refractivity (Wildman–Crippen MR) is 50.3 cm³/mol. The average Bonchev–Trinajstić information content (AvgIpc) is 2.56. The molecule has 1 aromatic rings. The molecule has 1 aliphatic rings. The zero-order valence-corrected chi connectivity index (χ0v) is 12.1. The summed E-state index contributed by atoms with van der Waals surface area (Å²) in [6, 6.07) is 2.16. The molecule has 0 atom stereocenters. The number of halogens is 2. The van der Waals surface area contributed by atoms with E-state index in [0.29, 0.717) is 15.4 Å². The SMILES string of the molecule is [Cl-].[Cl-].[OH][Ti+2]1([OH])[CH2]CC(c2ccsc2)C[CH2]1. The predicted octanol–water partition coefficient (Wildman–Crippen LogP) is -3.56. The molecule has 15 heavy (non-hydrogen) atoms. The van der Waals surface area contributed by atoms with E-state index in [-0.39, 0.29) is 24.8 Å². The van der Waals surface area contributed by atoms with Crippen LogP contribution in [-0.2, 0) is 17.4 Å². The fourth-order valence-corrected chi connectivity index (χ4v) is 5.59. The molecule has 0 spiro atoms. The first kappa shape index (κ1) is 15.9. The van der Waals surface area contributed by atoms with Gasteiger partial charge in [-0.25, -0.2) is 0 Å². The summed E-state index contributed by atoms with van der Waals surface area (Å²) in [5.41, 5.74) is 1.39. The van der Waals surface area contributed by atoms with Gasteiger partial charge < -0.3 is 24.8 Å². The summed E-state index contributed by atoms with van der Waals surface area (Å²) in [5.74, 6) is 0.587. The van der Waals surface area contributed by atoms with Gasteiger partial charge in [-0.15, -0.1) is 0 Å². The Morgan fingerprint density at radius 3 is 2.27 bits per heavy atom. The summed E-state index contributed by atoms with van der Waals surface area (Å²) in [6.07, 6.45) is 1.95. The van der Waals surface area contributed by atoms with Crippen LogP contribution in [0.5, 0.6) is 0 Å². The van der Waals surface area contributed by atoms with Crippen LogP contribution in [0.15, 0.2) is 16.8 Å². The molecule has 2 heterocycles. The molecule has 1 aliphatic heterocycles. The molecule has 1 fully saturated rings. The van der Waals surface area contributed by atoms with Crippen LogP contribution in [-0.4, -0.2) is 7.38 Å². The van der Waals surface area contributed by atoms with Crippen LogP contribution >= 0.6 is 11.3 Å². The van der Waals surface area contributed by atoms with E-state index in [1.54, 1.807) is 11.3 Å². The van der Waals surface area contributed by atoms with Gasteiger partial charge in [0.15, 0.2) is 0 Å². The van der Waals surface area contributed by atoms with Gasteiger partial charge >= 0.3 is 86.7 Å². The van der Waals surface area contributed by atoms with Gasteiger partial charge in [0.05, 0.1) is 0 Å². The van der Waals surface area contributed by atoms with Crippen molar-refractivity contribution < 1.29 is 49.6 Å².